The molecule has 1 amide bonds. The van der Waals surface area contributed by atoms with Crippen LogP contribution in [0.2, 0.25) is 5.02 Å². The van der Waals surface area contributed by atoms with Crippen molar-refractivity contribution in [1.29, 1.82) is 0 Å². The van der Waals surface area contributed by atoms with Crippen LogP contribution >= 0.6 is 11.6 Å². The first-order valence-electron chi connectivity index (χ1n) is 6.80. The number of carbonyl (C=O) groups excluding carboxylic acids is 1. The number of nitrogens with one attached hydrogen (secondary N) is 1. The summed E-state index contributed by atoms with van der Waals surface area (Å²) in [6, 6.07) is 12.0. The molecule has 0 fully saturated rings. The number of amides is 1. The molecule has 2 aromatic rings. The number of halogens is 1. The highest BCUT2D eigenvalue weighted by Gasteiger charge is 2.12. The van der Waals surface area contributed by atoms with Crippen LogP contribution in [0.15, 0.2) is 53.5 Å². The molecule has 1 unspecified atom stereocenters. The number of aromatic nitrogens is 1. The van der Waals surface area contributed by atoms with E-state index in [0.717, 1.165) is 5.56 Å². The zero-order valence-corrected chi connectivity index (χ0v) is 12.9. The van der Waals surface area contributed by atoms with E-state index in [9.17, 15) is 9.59 Å². The van der Waals surface area contributed by atoms with Gasteiger partial charge in [-0.2, -0.15) is 0 Å². The fourth-order valence-electron chi connectivity index (χ4n) is 2.05. The standard InChI is InChI=1S/C16H17ClN2O3/c1-22-14(12-5-4-6-13(17)9-12)10-18-15(20)11-19-8-3-2-7-16(19)21/h2-9,14H,10-11H2,1H3,(H,18,20). The van der Waals surface area contributed by atoms with Crippen LogP contribution < -0.4 is 10.9 Å². The molecule has 1 atom stereocenters. The molecular formula is C16H17ClN2O3. The molecule has 1 heterocycles. The fraction of sp³-hybridized carbons (Fsp3) is 0.250. The van der Waals surface area contributed by atoms with Gasteiger partial charge in [0.2, 0.25) is 5.91 Å². The van der Waals surface area contributed by atoms with Crippen LogP contribution in [0, 0.1) is 0 Å². The van der Waals surface area contributed by atoms with Gasteiger partial charge in [0, 0.05) is 30.9 Å². The number of benzene rings is 1. The summed E-state index contributed by atoms with van der Waals surface area (Å²) in [6.07, 6.45) is 1.28. The van der Waals surface area contributed by atoms with Crippen molar-refractivity contribution in [3.63, 3.8) is 0 Å². The van der Waals surface area contributed by atoms with E-state index in [0.29, 0.717) is 11.6 Å². The summed E-state index contributed by atoms with van der Waals surface area (Å²) >= 11 is 5.95. The zero-order chi connectivity index (χ0) is 15.9. The van der Waals surface area contributed by atoms with E-state index in [4.69, 9.17) is 16.3 Å². The molecule has 0 spiro atoms. The summed E-state index contributed by atoms with van der Waals surface area (Å²) in [5.41, 5.74) is 0.669. The minimum Gasteiger partial charge on any atom is -0.375 e. The number of methoxy groups -OCH3 is 1. The molecule has 1 aromatic heterocycles. The highest BCUT2D eigenvalue weighted by Crippen LogP contribution is 2.19. The Morgan fingerprint density at radius 3 is 2.82 bits per heavy atom. The summed E-state index contributed by atoms with van der Waals surface area (Å²) in [5.74, 6) is -0.252. The van der Waals surface area contributed by atoms with Gasteiger partial charge < -0.3 is 14.6 Å². The molecule has 1 aromatic carbocycles. The molecule has 22 heavy (non-hydrogen) atoms. The zero-order valence-electron chi connectivity index (χ0n) is 12.2. The van der Waals surface area contributed by atoms with Gasteiger partial charge in [-0.1, -0.05) is 29.8 Å². The Morgan fingerprint density at radius 2 is 2.14 bits per heavy atom. The van der Waals surface area contributed by atoms with Crippen LogP contribution in [-0.4, -0.2) is 24.1 Å². The quantitative estimate of drug-likeness (QED) is 0.885. The van der Waals surface area contributed by atoms with Crippen molar-refractivity contribution in [2.24, 2.45) is 0 Å². The SMILES string of the molecule is COC(CNC(=O)Cn1ccccc1=O)c1cccc(Cl)c1. The lowest BCUT2D eigenvalue weighted by Crippen LogP contribution is -2.34. The van der Waals surface area contributed by atoms with Crippen LogP contribution in [0.3, 0.4) is 0 Å². The molecule has 0 aliphatic carbocycles. The largest absolute Gasteiger partial charge is 0.375 e. The van der Waals surface area contributed by atoms with Crippen LogP contribution in [0.1, 0.15) is 11.7 Å². The Labute approximate surface area is 133 Å². The molecule has 0 bridgehead atoms. The Hall–Kier alpha value is -2.11. The topological polar surface area (TPSA) is 60.3 Å². The predicted octanol–water partition coefficient (Wildman–Crippen LogP) is 2.01. The number of nitrogens with zero attached hydrogens (tertiary/aromatic N) is 1. The summed E-state index contributed by atoms with van der Waals surface area (Å²) in [7, 11) is 1.57. The molecule has 0 aliphatic heterocycles. The normalized spacial score (nSPS) is 11.9. The van der Waals surface area contributed by atoms with Gasteiger partial charge in [-0.25, -0.2) is 0 Å². The first kappa shape index (κ1) is 16.3. The third-order valence-corrected chi connectivity index (χ3v) is 3.44. The summed E-state index contributed by atoms with van der Waals surface area (Å²) in [5, 5.41) is 3.37. The average molecular weight is 321 g/mol. The highest BCUT2D eigenvalue weighted by atomic mass is 35.5. The summed E-state index contributed by atoms with van der Waals surface area (Å²) < 4.78 is 6.72. The van der Waals surface area contributed by atoms with Crippen LogP contribution in [0.5, 0.6) is 0 Å². The van der Waals surface area contributed by atoms with Crippen molar-refractivity contribution in [2.45, 2.75) is 12.6 Å². The predicted molar refractivity (Wildman–Crippen MR) is 84.9 cm³/mol. The molecule has 5 nitrogen and oxygen atoms in total. The second-order valence-electron chi connectivity index (χ2n) is 4.75. The van der Waals surface area contributed by atoms with Crippen LogP contribution in [0.25, 0.3) is 0 Å². The van der Waals surface area contributed by atoms with Gasteiger partial charge >= 0.3 is 0 Å². The van der Waals surface area contributed by atoms with E-state index in [-0.39, 0.29) is 24.1 Å². The van der Waals surface area contributed by atoms with E-state index in [1.807, 2.05) is 12.1 Å². The van der Waals surface area contributed by atoms with Gasteiger partial charge in [0.05, 0.1) is 6.10 Å². The Morgan fingerprint density at radius 1 is 1.32 bits per heavy atom. The number of hydrogen-bond donors (Lipinski definition) is 1. The Bertz CT molecular complexity index is 700. The van der Waals surface area contributed by atoms with Crippen molar-refractivity contribution < 1.29 is 9.53 Å². The van der Waals surface area contributed by atoms with Crippen LogP contribution in [-0.2, 0) is 16.1 Å². The average Bonchev–Trinajstić information content (AvgIpc) is 2.50. The van der Waals surface area contributed by atoms with Crippen LogP contribution in [0.4, 0.5) is 0 Å². The minimum absolute atomic E-state index is 0.0222. The summed E-state index contributed by atoms with van der Waals surface area (Å²) in [6.45, 7) is 0.281. The first-order chi connectivity index (χ1) is 10.6. The molecule has 2 rings (SSSR count). The van der Waals surface area contributed by atoms with Gasteiger partial charge in [-0.15, -0.1) is 0 Å². The van der Waals surface area contributed by atoms with Crippen molar-refractivity contribution >= 4 is 17.5 Å². The third kappa shape index (κ3) is 4.44. The second-order valence-corrected chi connectivity index (χ2v) is 5.19. The number of rotatable bonds is 6. The van der Waals surface area contributed by atoms with E-state index >= 15 is 0 Å². The Kier molecular flexibility index (Phi) is 5.75. The number of pyridine rings is 1. The fourth-order valence-corrected chi connectivity index (χ4v) is 2.25. The second kappa shape index (κ2) is 7.77. The van der Waals surface area contributed by atoms with E-state index in [1.165, 1.54) is 10.6 Å². The molecule has 6 heteroatoms. The molecule has 0 aliphatic rings. The van der Waals surface area contributed by atoms with E-state index in [1.54, 1.807) is 37.6 Å². The summed E-state index contributed by atoms with van der Waals surface area (Å²) in [4.78, 5) is 23.5. The monoisotopic (exact) mass is 320 g/mol. The first-order valence-corrected chi connectivity index (χ1v) is 7.18. The van der Waals surface area contributed by atoms with Crippen molar-refractivity contribution in [3.8, 4) is 0 Å². The van der Waals surface area contributed by atoms with E-state index < -0.39 is 0 Å². The smallest absolute Gasteiger partial charge is 0.250 e. The van der Waals surface area contributed by atoms with Gasteiger partial charge in [-0.3, -0.25) is 9.59 Å². The lowest BCUT2D eigenvalue weighted by molar-refractivity contribution is -0.122. The van der Waals surface area contributed by atoms with Gasteiger partial charge in [-0.05, 0) is 23.8 Å². The number of hydrogen-bond acceptors (Lipinski definition) is 3. The van der Waals surface area contributed by atoms with E-state index in [2.05, 4.69) is 5.32 Å². The molecular weight excluding hydrogens is 304 g/mol. The van der Waals surface area contributed by atoms with Crippen molar-refractivity contribution in [1.82, 2.24) is 9.88 Å². The lowest BCUT2D eigenvalue weighted by atomic mass is 10.1. The molecule has 0 radical (unpaired) electrons. The maximum absolute atomic E-state index is 11.9. The highest BCUT2D eigenvalue weighted by molar-refractivity contribution is 6.30. The molecule has 0 saturated carbocycles. The maximum atomic E-state index is 11.9. The number of ether oxygens (including phenoxy) is 1. The molecule has 1 N–H and O–H groups in total. The maximum Gasteiger partial charge on any atom is 0.250 e. The Balaban J connectivity index is 1.94. The lowest BCUT2D eigenvalue weighted by Gasteiger charge is -2.17. The van der Waals surface area contributed by atoms with Crippen molar-refractivity contribution in [3.05, 3.63) is 69.6 Å². The van der Waals surface area contributed by atoms with Gasteiger partial charge in [0.25, 0.3) is 5.56 Å². The molecule has 0 saturated heterocycles. The van der Waals surface area contributed by atoms with Gasteiger partial charge in [0.15, 0.2) is 0 Å². The minimum atomic E-state index is -0.296. The van der Waals surface area contributed by atoms with Crippen molar-refractivity contribution in [2.75, 3.05) is 13.7 Å². The third-order valence-electron chi connectivity index (χ3n) is 3.20. The number of carbonyl (C=O) groups is 1. The van der Waals surface area contributed by atoms with Gasteiger partial charge in [0.1, 0.15) is 6.54 Å². The molecule has 116 valence electrons.